The Bertz CT molecular complexity index is 694. The molecule has 1 N–H and O–H groups in total. The minimum atomic E-state index is -4.08. The van der Waals surface area contributed by atoms with Gasteiger partial charge in [0, 0.05) is 9.92 Å². The number of hydrogen-bond acceptors (Lipinski definition) is 3. The molecule has 2 rings (SSSR count). The Morgan fingerprint density at radius 1 is 1.11 bits per heavy atom. The molecule has 0 aromatic heterocycles. The van der Waals surface area contributed by atoms with Crippen LogP contribution < -0.4 is 0 Å². The fourth-order valence-corrected chi connectivity index (χ4v) is 2.99. The van der Waals surface area contributed by atoms with Crippen LogP contribution in [0.25, 0.3) is 11.1 Å². The minimum absolute atomic E-state index is 0.451. The van der Waals surface area contributed by atoms with Crippen molar-refractivity contribution in [1.82, 2.24) is 0 Å². The summed E-state index contributed by atoms with van der Waals surface area (Å²) < 4.78 is 30.8. The minimum Gasteiger partial charge on any atom is -0.285 e. The molecule has 0 aliphatic heterocycles. The van der Waals surface area contributed by atoms with Crippen molar-refractivity contribution < 1.29 is 13.0 Å². The smallest absolute Gasteiger partial charge is 0.269 e. The van der Waals surface area contributed by atoms with Gasteiger partial charge in [-0.2, -0.15) is 8.42 Å². The van der Waals surface area contributed by atoms with Crippen LogP contribution >= 0.6 is 24.2 Å². The predicted octanol–water partition coefficient (Wildman–Crippen LogP) is 3.68. The molecule has 100 valence electrons. The molecule has 2 aromatic carbocycles. The number of thiol groups is 1. The molecule has 3 nitrogen and oxygen atoms in total. The van der Waals surface area contributed by atoms with Crippen LogP contribution in [0.3, 0.4) is 0 Å². The van der Waals surface area contributed by atoms with E-state index in [-0.39, 0.29) is 0 Å². The summed E-state index contributed by atoms with van der Waals surface area (Å²) in [6.07, 6.45) is 0. The monoisotopic (exact) mass is 314 g/mol. The highest BCUT2D eigenvalue weighted by molar-refractivity contribution is 7.85. The molecule has 0 aliphatic rings. The second kappa shape index (κ2) is 5.54. The summed E-state index contributed by atoms with van der Waals surface area (Å²) in [6.45, 7) is 0. The van der Waals surface area contributed by atoms with Gasteiger partial charge in [-0.3, -0.25) is 4.55 Å². The second-order valence-corrected chi connectivity index (χ2v) is 6.38. The summed E-state index contributed by atoms with van der Waals surface area (Å²) in [4.78, 5) is 0.530. The van der Waals surface area contributed by atoms with Crippen LogP contribution in [-0.4, -0.2) is 13.0 Å². The van der Waals surface area contributed by atoms with E-state index in [2.05, 4.69) is 12.6 Å². The Morgan fingerprint density at radius 2 is 1.74 bits per heavy atom. The third-order valence-electron chi connectivity index (χ3n) is 2.61. The first-order valence-corrected chi connectivity index (χ1v) is 7.82. The summed E-state index contributed by atoms with van der Waals surface area (Å²) in [6, 6.07) is 12.3. The van der Waals surface area contributed by atoms with Crippen LogP contribution in [0.15, 0.2) is 47.4 Å². The first-order valence-electron chi connectivity index (χ1n) is 5.39. The summed E-state index contributed by atoms with van der Waals surface area (Å²) in [5, 5.41) is 0.624. The molecule has 0 heterocycles. The lowest BCUT2D eigenvalue weighted by atomic mass is 10.0. The SMILES string of the molecule is O=S(=O)(O)Cc1cccc(-c2ccc(Cl)cc2)c1S. The molecular weight excluding hydrogens is 304 g/mol. The van der Waals surface area contributed by atoms with E-state index < -0.39 is 15.9 Å². The van der Waals surface area contributed by atoms with Crippen molar-refractivity contribution in [3.05, 3.63) is 53.1 Å². The number of halogens is 1. The van der Waals surface area contributed by atoms with Gasteiger partial charge in [0.25, 0.3) is 10.1 Å². The zero-order valence-corrected chi connectivity index (χ0v) is 12.2. The Hall–Kier alpha value is -1.01. The first kappa shape index (κ1) is 14.4. The van der Waals surface area contributed by atoms with E-state index >= 15 is 0 Å². The first-order chi connectivity index (χ1) is 8.87. The summed E-state index contributed by atoms with van der Waals surface area (Å²) in [7, 11) is -4.08. The molecule has 0 saturated heterocycles. The lowest BCUT2D eigenvalue weighted by Crippen LogP contribution is -2.02. The van der Waals surface area contributed by atoms with E-state index in [0.717, 1.165) is 11.1 Å². The van der Waals surface area contributed by atoms with Crippen LogP contribution in [0.4, 0.5) is 0 Å². The standard InChI is InChI=1S/C13H11ClO3S2/c14-11-6-4-9(5-7-11)12-3-1-2-10(13(12)18)8-19(15,16)17/h1-7,18H,8H2,(H,15,16,17). The molecule has 0 spiro atoms. The van der Waals surface area contributed by atoms with Crippen molar-refractivity contribution in [2.75, 3.05) is 0 Å². The molecule has 0 bridgehead atoms. The van der Waals surface area contributed by atoms with Crippen molar-refractivity contribution >= 4 is 34.3 Å². The summed E-state index contributed by atoms with van der Waals surface area (Å²) in [5.41, 5.74) is 2.13. The lowest BCUT2D eigenvalue weighted by molar-refractivity contribution is 0.482. The van der Waals surface area contributed by atoms with Crippen LogP contribution in [0.2, 0.25) is 5.02 Å². The van der Waals surface area contributed by atoms with Gasteiger partial charge in [0.15, 0.2) is 0 Å². The Morgan fingerprint density at radius 3 is 2.32 bits per heavy atom. The molecule has 19 heavy (non-hydrogen) atoms. The molecule has 2 aromatic rings. The Kier molecular flexibility index (Phi) is 4.20. The third-order valence-corrected chi connectivity index (χ3v) is 4.07. The molecule has 0 saturated carbocycles. The molecule has 0 fully saturated rings. The van der Waals surface area contributed by atoms with Gasteiger partial charge in [0.1, 0.15) is 5.75 Å². The predicted molar refractivity (Wildman–Crippen MR) is 79.4 cm³/mol. The average Bonchev–Trinajstić information content (AvgIpc) is 2.32. The molecule has 6 heteroatoms. The third kappa shape index (κ3) is 3.73. The van der Waals surface area contributed by atoms with Gasteiger partial charge in [0.2, 0.25) is 0 Å². The highest BCUT2D eigenvalue weighted by Gasteiger charge is 2.12. The van der Waals surface area contributed by atoms with Crippen molar-refractivity contribution in [3.8, 4) is 11.1 Å². The number of benzene rings is 2. The normalized spacial score (nSPS) is 11.5. The largest absolute Gasteiger partial charge is 0.285 e. The fourth-order valence-electron chi connectivity index (χ4n) is 1.77. The summed E-state index contributed by atoms with van der Waals surface area (Å²) >= 11 is 10.2. The van der Waals surface area contributed by atoms with Crippen LogP contribution in [-0.2, 0) is 15.9 Å². The van der Waals surface area contributed by atoms with E-state index in [1.54, 1.807) is 24.3 Å². The van der Waals surface area contributed by atoms with Crippen LogP contribution in [0, 0.1) is 0 Å². The van der Waals surface area contributed by atoms with Gasteiger partial charge in [0.05, 0.1) is 0 Å². The van der Waals surface area contributed by atoms with Gasteiger partial charge in [-0.25, -0.2) is 0 Å². The number of hydrogen-bond donors (Lipinski definition) is 2. The zero-order valence-electron chi connectivity index (χ0n) is 9.75. The van der Waals surface area contributed by atoms with Crippen molar-refractivity contribution in [2.45, 2.75) is 10.6 Å². The van der Waals surface area contributed by atoms with Crippen molar-refractivity contribution in [3.63, 3.8) is 0 Å². The van der Waals surface area contributed by atoms with Crippen molar-refractivity contribution in [1.29, 1.82) is 0 Å². The molecule has 0 unspecified atom stereocenters. The van der Waals surface area contributed by atoms with Gasteiger partial charge < -0.3 is 0 Å². The zero-order chi connectivity index (χ0) is 14.0. The molecule has 0 radical (unpaired) electrons. The van der Waals surface area contributed by atoms with Gasteiger partial charge >= 0.3 is 0 Å². The van der Waals surface area contributed by atoms with Crippen LogP contribution in [0.5, 0.6) is 0 Å². The second-order valence-electron chi connectivity index (χ2n) is 4.05. The van der Waals surface area contributed by atoms with E-state index in [1.807, 2.05) is 18.2 Å². The van der Waals surface area contributed by atoms with Gasteiger partial charge in [-0.05, 0) is 28.8 Å². The van der Waals surface area contributed by atoms with E-state index in [0.29, 0.717) is 15.5 Å². The number of rotatable bonds is 3. The lowest BCUT2D eigenvalue weighted by Gasteiger charge is -2.10. The highest BCUT2D eigenvalue weighted by atomic mass is 35.5. The van der Waals surface area contributed by atoms with Crippen LogP contribution in [0.1, 0.15) is 5.56 Å². The topological polar surface area (TPSA) is 54.4 Å². The van der Waals surface area contributed by atoms with Crippen molar-refractivity contribution in [2.24, 2.45) is 0 Å². The van der Waals surface area contributed by atoms with E-state index in [1.165, 1.54) is 0 Å². The maximum absolute atomic E-state index is 10.9. The van der Waals surface area contributed by atoms with Gasteiger partial charge in [-0.1, -0.05) is 41.9 Å². The Labute approximate surface area is 122 Å². The highest BCUT2D eigenvalue weighted by Crippen LogP contribution is 2.30. The van der Waals surface area contributed by atoms with E-state index in [4.69, 9.17) is 16.2 Å². The quantitative estimate of drug-likeness (QED) is 0.671. The summed E-state index contributed by atoms with van der Waals surface area (Å²) in [5.74, 6) is -0.451. The molecule has 0 amide bonds. The maximum atomic E-state index is 10.9. The fraction of sp³-hybridized carbons (Fsp3) is 0.0769. The average molecular weight is 315 g/mol. The molecule has 0 aliphatic carbocycles. The van der Waals surface area contributed by atoms with E-state index in [9.17, 15) is 8.42 Å². The molecular formula is C13H11ClO3S2. The maximum Gasteiger partial charge on any atom is 0.269 e. The van der Waals surface area contributed by atoms with Gasteiger partial charge in [-0.15, -0.1) is 12.6 Å². The molecule has 0 atom stereocenters. The Balaban J connectivity index is 2.48.